The Balaban J connectivity index is 2.71. The lowest BCUT2D eigenvalue weighted by Gasteiger charge is -1.95. The van der Waals surface area contributed by atoms with Crippen LogP contribution in [0.5, 0.6) is 0 Å². The van der Waals surface area contributed by atoms with Crippen LogP contribution in [0.2, 0.25) is 0 Å². The Bertz CT molecular complexity index is 355. The molecule has 3 heteroatoms. The molecule has 1 aliphatic heterocycles. The average Bonchev–Trinajstić information content (AvgIpc) is 2.30. The number of ketones is 1. The number of Topliss-reactive ketones (excluding diaryl/α,β-unsaturated/α-hetero) is 1. The quantitative estimate of drug-likeness (QED) is 0.407. The summed E-state index contributed by atoms with van der Waals surface area (Å²) in [6.45, 7) is 0. The van der Waals surface area contributed by atoms with Gasteiger partial charge >= 0.3 is 0 Å². The second kappa shape index (κ2) is 1.92. The number of hydrogen-bond donors (Lipinski definition) is 0. The van der Waals surface area contributed by atoms with Crippen molar-refractivity contribution in [3.05, 3.63) is 35.0 Å². The zero-order valence-corrected chi connectivity index (χ0v) is 5.65. The van der Waals surface area contributed by atoms with E-state index in [1.807, 2.05) is 0 Å². The Hall–Kier alpha value is -1.64. The molecule has 11 heavy (non-hydrogen) atoms. The second-order valence-corrected chi connectivity index (χ2v) is 2.34. The number of carbonyl (C=O) groups excluding carboxylic acids is 1. The maximum atomic E-state index is 11.0. The van der Waals surface area contributed by atoms with E-state index < -0.39 is 0 Å². The molecule has 0 aromatic heterocycles. The van der Waals surface area contributed by atoms with Crippen LogP contribution in [-0.4, -0.2) is 16.7 Å². The van der Waals surface area contributed by atoms with Crippen LogP contribution in [0.3, 0.4) is 0 Å². The standard InChI is InChI=1S/C8H5NO2/c10-8-5-9(11)7-4-2-1-3-6(7)8/h1-5H. The van der Waals surface area contributed by atoms with Crippen LogP contribution in [0.15, 0.2) is 24.3 Å². The molecule has 0 bridgehead atoms. The molecule has 0 amide bonds. The normalized spacial score (nSPS) is 14.5. The van der Waals surface area contributed by atoms with E-state index >= 15 is 0 Å². The SMILES string of the molecule is O=C1C=[N+]([O-])c2ccccc21. The van der Waals surface area contributed by atoms with Gasteiger partial charge in [0.15, 0.2) is 0 Å². The van der Waals surface area contributed by atoms with Crippen LogP contribution in [0.1, 0.15) is 10.4 Å². The van der Waals surface area contributed by atoms with Crippen molar-refractivity contribution in [1.82, 2.24) is 0 Å². The summed E-state index contributed by atoms with van der Waals surface area (Å²) >= 11 is 0. The zero-order chi connectivity index (χ0) is 7.84. The van der Waals surface area contributed by atoms with Crippen LogP contribution < -0.4 is 0 Å². The highest BCUT2D eigenvalue weighted by Crippen LogP contribution is 2.21. The van der Waals surface area contributed by atoms with Gasteiger partial charge in [-0.05, 0) is 6.07 Å². The van der Waals surface area contributed by atoms with Gasteiger partial charge in [-0.2, -0.15) is 4.74 Å². The first-order chi connectivity index (χ1) is 5.29. The van der Waals surface area contributed by atoms with Crippen molar-refractivity contribution in [2.75, 3.05) is 0 Å². The molecule has 0 spiro atoms. The monoisotopic (exact) mass is 147 g/mol. The summed E-state index contributed by atoms with van der Waals surface area (Å²) in [7, 11) is 0. The molecular formula is C8H5NO2. The second-order valence-electron chi connectivity index (χ2n) is 2.34. The Morgan fingerprint density at radius 2 is 2.00 bits per heavy atom. The van der Waals surface area contributed by atoms with Crippen LogP contribution >= 0.6 is 0 Å². The largest absolute Gasteiger partial charge is 0.618 e. The fourth-order valence-corrected chi connectivity index (χ4v) is 1.12. The highest BCUT2D eigenvalue weighted by Gasteiger charge is 2.23. The third kappa shape index (κ3) is 0.741. The lowest BCUT2D eigenvalue weighted by molar-refractivity contribution is -0.350. The molecule has 1 heterocycles. The number of nitrogens with zero attached hydrogens (tertiary/aromatic N) is 1. The molecule has 1 aliphatic rings. The number of rotatable bonds is 0. The van der Waals surface area contributed by atoms with E-state index in [1.165, 1.54) is 0 Å². The Kier molecular flexibility index (Phi) is 1.06. The van der Waals surface area contributed by atoms with Gasteiger partial charge in [0.2, 0.25) is 11.9 Å². The molecule has 54 valence electrons. The fraction of sp³-hybridized carbons (Fsp3) is 0. The van der Waals surface area contributed by atoms with Gasteiger partial charge in [-0.15, -0.1) is 0 Å². The summed E-state index contributed by atoms with van der Waals surface area (Å²) in [5.74, 6) is -0.212. The summed E-state index contributed by atoms with van der Waals surface area (Å²) in [5, 5.41) is 10.9. The summed E-state index contributed by atoms with van der Waals surface area (Å²) in [6.07, 6.45) is 1.05. The number of para-hydroxylation sites is 1. The molecular weight excluding hydrogens is 142 g/mol. The number of hydrogen-bond acceptors (Lipinski definition) is 2. The smallest absolute Gasteiger partial charge is 0.257 e. The molecule has 1 aromatic rings. The third-order valence-corrected chi connectivity index (χ3v) is 1.64. The van der Waals surface area contributed by atoms with Gasteiger partial charge in [0.05, 0.1) is 0 Å². The van der Waals surface area contributed by atoms with Gasteiger partial charge in [-0.25, -0.2) is 0 Å². The van der Waals surface area contributed by atoms with Crippen molar-refractivity contribution < 1.29 is 9.53 Å². The first-order valence-electron chi connectivity index (χ1n) is 3.23. The average molecular weight is 147 g/mol. The van der Waals surface area contributed by atoms with Crippen LogP contribution in [0.25, 0.3) is 0 Å². The van der Waals surface area contributed by atoms with Gasteiger partial charge in [-0.3, -0.25) is 4.79 Å². The van der Waals surface area contributed by atoms with E-state index in [0.717, 1.165) is 6.21 Å². The summed E-state index contributed by atoms with van der Waals surface area (Å²) in [5.41, 5.74) is 0.931. The van der Waals surface area contributed by atoms with Crippen LogP contribution in [0.4, 0.5) is 5.69 Å². The molecule has 0 saturated heterocycles. The minimum absolute atomic E-state index is 0.212. The Morgan fingerprint density at radius 3 is 2.73 bits per heavy atom. The maximum Gasteiger partial charge on any atom is 0.257 e. The predicted octanol–water partition coefficient (Wildman–Crippen LogP) is 1.10. The van der Waals surface area contributed by atoms with E-state index in [2.05, 4.69) is 0 Å². The maximum absolute atomic E-state index is 11.0. The van der Waals surface area contributed by atoms with Crippen molar-refractivity contribution in [2.45, 2.75) is 0 Å². The molecule has 0 atom stereocenters. The molecule has 0 unspecified atom stereocenters. The summed E-state index contributed by atoms with van der Waals surface area (Å²) < 4.78 is 0.595. The molecule has 0 fully saturated rings. The first-order valence-corrected chi connectivity index (χ1v) is 3.23. The van der Waals surface area contributed by atoms with Crippen molar-refractivity contribution in [2.24, 2.45) is 0 Å². The zero-order valence-electron chi connectivity index (χ0n) is 5.65. The molecule has 3 nitrogen and oxygen atoms in total. The fourth-order valence-electron chi connectivity index (χ4n) is 1.12. The van der Waals surface area contributed by atoms with Crippen LogP contribution in [0, 0.1) is 5.21 Å². The first kappa shape index (κ1) is 6.09. The highest BCUT2D eigenvalue weighted by atomic mass is 16.5. The Labute approximate surface area is 63.2 Å². The van der Waals surface area contributed by atoms with Crippen LogP contribution in [-0.2, 0) is 0 Å². The molecule has 1 aromatic carbocycles. The summed E-state index contributed by atoms with van der Waals surface area (Å²) in [6, 6.07) is 6.75. The van der Waals surface area contributed by atoms with Gasteiger partial charge in [-0.1, -0.05) is 12.1 Å². The van der Waals surface area contributed by atoms with Gasteiger partial charge < -0.3 is 5.21 Å². The van der Waals surface area contributed by atoms with Gasteiger partial charge in [0.1, 0.15) is 5.56 Å². The number of carbonyl (C=O) groups is 1. The lowest BCUT2D eigenvalue weighted by Crippen LogP contribution is -1.94. The minimum Gasteiger partial charge on any atom is -0.618 e. The van der Waals surface area contributed by atoms with Gasteiger partial charge in [0.25, 0.3) is 5.78 Å². The van der Waals surface area contributed by atoms with Crippen molar-refractivity contribution in [3.63, 3.8) is 0 Å². The lowest BCUT2D eigenvalue weighted by atomic mass is 10.1. The molecule has 0 radical (unpaired) electrons. The molecule has 0 aliphatic carbocycles. The third-order valence-electron chi connectivity index (χ3n) is 1.64. The van der Waals surface area contributed by atoms with E-state index in [0.29, 0.717) is 16.0 Å². The topological polar surface area (TPSA) is 43.1 Å². The van der Waals surface area contributed by atoms with Crippen molar-refractivity contribution >= 4 is 17.7 Å². The van der Waals surface area contributed by atoms with E-state index in [9.17, 15) is 10.0 Å². The minimum atomic E-state index is -0.212. The summed E-state index contributed by atoms with van der Waals surface area (Å²) in [4.78, 5) is 11.0. The number of benzene rings is 1. The van der Waals surface area contributed by atoms with Gasteiger partial charge in [0, 0.05) is 6.07 Å². The predicted molar refractivity (Wildman–Crippen MR) is 40.1 cm³/mol. The number of fused-ring (bicyclic) bond motifs is 1. The van der Waals surface area contributed by atoms with E-state index in [4.69, 9.17) is 0 Å². The van der Waals surface area contributed by atoms with Crippen molar-refractivity contribution in [1.29, 1.82) is 0 Å². The molecule has 0 N–H and O–H groups in total. The van der Waals surface area contributed by atoms with E-state index in [1.54, 1.807) is 24.3 Å². The highest BCUT2D eigenvalue weighted by molar-refractivity contribution is 6.37. The Morgan fingerprint density at radius 1 is 1.27 bits per heavy atom. The van der Waals surface area contributed by atoms with E-state index in [-0.39, 0.29) is 5.78 Å². The van der Waals surface area contributed by atoms with Crippen molar-refractivity contribution in [3.8, 4) is 0 Å². The molecule has 0 saturated carbocycles. The molecule has 2 rings (SSSR count).